The molecule has 9 nitrogen and oxygen atoms in total. The van der Waals surface area contributed by atoms with Crippen molar-refractivity contribution in [2.75, 3.05) is 12.9 Å². The second-order valence-electron chi connectivity index (χ2n) is 8.54. The number of carbonyl (C=O) groups excluding carboxylic acids is 2. The van der Waals surface area contributed by atoms with Gasteiger partial charge in [0.1, 0.15) is 22.8 Å². The van der Waals surface area contributed by atoms with Crippen LogP contribution in [0.15, 0.2) is 23.2 Å². The molecule has 5 N–H and O–H groups in total. The third-order valence-corrected chi connectivity index (χ3v) is 7.72. The zero-order valence-electron chi connectivity index (χ0n) is 17.7. The number of hydrogen-bond donors (Lipinski definition) is 5. The van der Waals surface area contributed by atoms with Crippen molar-refractivity contribution in [3.63, 3.8) is 0 Å². The molecule has 5 rings (SSSR count). The molecule has 0 saturated carbocycles. The number of ether oxygens (including phenoxy) is 1. The molecule has 172 valence electrons. The minimum absolute atomic E-state index is 0.000772. The topological polar surface area (TPSA) is 157 Å². The summed E-state index contributed by atoms with van der Waals surface area (Å²) in [7, 11) is 1.34. The van der Waals surface area contributed by atoms with Gasteiger partial charge in [0.15, 0.2) is 11.5 Å². The summed E-state index contributed by atoms with van der Waals surface area (Å²) in [6.07, 6.45) is -2.34. The van der Waals surface area contributed by atoms with Crippen molar-refractivity contribution in [2.24, 2.45) is 4.99 Å². The Morgan fingerprint density at radius 3 is 2.42 bits per heavy atom. The molecule has 2 aliphatic carbocycles. The fourth-order valence-electron chi connectivity index (χ4n) is 5.02. The van der Waals surface area contributed by atoms with Gasteiger partial charge in [-0.05, 0) is 13.0 Å². The predicted octanol–water partition coefficient (Wildman–Crippen LogP) is 1.45. The number of aliphatic hydroxyl groups excluding tert-OH is 1. The highest BCUT2D eigenvalue weighted by Crippen LogP contribution is 2.53. The number of hydrogen-bond acceptors (Lipinski definition) is 10. The summed E-state index contributed by atoms with van der Waals surface area (Å²) >= 11 is 1.24. The van der Waals surface area contributed by atoms with Crippen LogP contribution in [0.2, 0.25) is 0 Å². The molecule has 3 unspecified atom stereocenters. The summed E-state index contributed by atoms with van der Waals surface area (Å²) < 4.78 is 5.21. The Bertz CT molecular complexity index is 1290. The van der Waals surface area contributed by atoms with Gasteiger partial charge in [-0.15, -0.1) is 11.8 Å². The van der Waals surface area contributed by atoms with Gasteiger partial charge in [0.2, 0.25) is 5.78 Å². The van der Waals surface area contributed by atoms with E-state index in [-0.39, 0.29) is 33.8 Å². The number of aliphatic imine (C=N–C) groups is 1. The van der Waals surface area contributed by atoms with E-state index >= 15 is 0 Å². The van der Waals surface area contributed by atoms with Crippen LogP contribution in [0.4, 0.5) is 0 Å². The largest absolute Gasteiger partial charge is 0.507 e. The first-order valence-corrected chi connectivity index (χ1v) is 11.2. The van der Waals surface area contributed by atoms with E-state index in [0.717, 1.165) is 0 Å². The van der Waals surface area contributed by atoms with Gasteiger partial charge >= 0.3 is 0 Å². The van der Waals surface area contributed by atoms with Crippen molar-refractivity contribution in [2.45, 2.75) is 37.2 Å². The quantitative estimate of drug-likeness (QED) is 0.349. The lowest BCUT2D eigenvalue weighted by atomic mass is 9.70. The molecule has 1 heterocycles. The monoisotopic (exact) mass is 471 g/mol. The summed E-state index contributed by atoms with van der Waals surface area (Å²) in [5.74, 6) is -2.53. The number of thioether (sulfide) groups is 1. The van der Waals surface area contributed by atoms with Gasteiger partial charge < -0.3 is 30.3 Å². The third-order valence-electron chi connectivity index (χ3n) is 6.67. The van der Waals surface area contributed by atoms with Crippen molar-refractivity contribution in [3.05, 3.63) is 51.6 Å². The van der Waals surface area contributed by atoms with Crippen molar-refractivity contribution < 1.29 is 39.9 Å². The fraction of sp³-hybridized carbons (Fsp3) is 0.348. The average Bonchev–Trinajstić information content (AvgIpc) is 3.13. The van der Waals surface area contributed by atoms with Crippen LogP contribution < -0.4 is 4.74 Å². The van der Waals surface area contributed by atoms with Crippen LogP contribution in [-0.4, -0.2) is 66.3 Å². The Balaban J connectivity index is 1.73. The molecule has 10 heteroatoms. The zero-order chi connectivity index (χ0) is 23.9. The van der Waals surface area contributed by atoms with Crippen molar-refractivity contribution in [3.8, 4) is 17.2 Å². The van der Waals surface area contributed by atoms with Crippen molar-refractivity contribution in [1.82, 2.24) is 0 Å². The molecule has 3 atom stereocenters. The number of ketones is 2. The van der Waals surface area contributed by atoms with E-state index in [9.17, 15) is 35.1 Å². The van der Waals surface area contributed by atoms with Gasteiger partial charge in [-0.2, -0.15) is 0 Å². The number of phenolic OH excluding ortho intramolecular Hbond substituents is 2. The molecule has 0 aromatic heterocycles. The van der Waals surface area contributed by atoms with Crippen LogP contribution in [0.25, 0.3) is 0 Å². The Hall–Kier alpha value is -2.92. The number of benzene rings is 2. The minimum Gasteiger partial charge on any atom is -0.507 e. The molecule has 0 bridgehead atoms. The number of aliphatic hydroxyl groups is 3. The van der Waals surface area contributed by atoms with Crippen LogP contribution in [0.3, 0.4) is 0 Å². The molecule has 1 aliphatic heterocycles. The van der Waals surface area contributed by atoms with Crippen LogP contribution in [0.5, 0.6) is 17.2 Å². The molecule has 3 aliphatic rings. The maximum absolute atomic E-state index is 13.3. The highest BCUT2D eigenvalue weighted by molar-refractivity contribution is 8.14. The van der Waals surface area contributed by atoms with E-state index in [0.29, 0.717) is 5.04 Å². The van der Waals surface area contributed by atoms with E-state index < -0.39 is 64.5 Å². The van der Waals surface area contributed by atoms with Crippen molar-refractivity contribution >= 4 is 28.4 Å². The summed E-state index contributed by atoms with van der Waals surface area (Å²) in [6, 6.07) is 4.44. The van der Waals surface area contributed by atoms with Crippen LogP contribution >= 0.6 is 11.8 Å². The van der Waals surface area contributed by atoms with Gasteiger partial charge in [-0.1, -0.05) is 12.1 Å². The maximum atomic E-state index is 13.3. The first kappa shape index (κ1) is 21.9. The van der Waals surface area contributed by atoms with Crippen LogP contribution in [0.1, 0.15) is 62.4 Å². The number of fused-ring (bicyclic) bond motifs is 3. The van der Waals surface area contributed by atoms with Gasteiger partial charge in [0.25, 0.3) is 0 Å². The highest BCUT2D eigenvalue weighted by Gasteiger charge is 2.56. The van der Waals surface area contributed by atoms with Gasteiger partial charge in [-0.25, -0.2) is 4.99 Å². The van der Waals surface area contributed by atoms with Crippen molar-refractivity contribution in [1.29, 1.82) is 0 Å². The van der Waals surface area contributed by atoms with E-state index in [1.807, 2.05) is 0 Å². The highest BCUT2D eigenvalue weighted by atomic mass is 32.2. The number of methoxy groups -OCH3 is 1. The minimum atomic E-state index is -1.98. The molecule has 33 heavy (non-hydrogen) atoms. The fourth-order valence-corrected chi connectivity index (χ4v) is 5.98. The smallest absolute Gasteiger partial charge is 0.202 e. The first-order chi connectivity index (χ1) is 15.5. The second kappa shape index (κ2) is 7.04. The average molecular weight is 471 g/mol. The zero-order valence-corrected chi connectivity index (χ0v) is 18.6. The number of phenols is 2. The molecule has 0 spiro atoms. The van der Waals surface area contributed by atoms with E-state index in [1.54, 1.807) is 6.92 Å². The van der Waals surface area contributed by atoms with Crippen LogP contribution in [-0.2, 0) is 6.42 Å². The Kier molecular flexibility index (Phi) is 4.67. The van der Waals surface area contributed by atoms with E-state index in [1.165, 1.54) is 37.1 Å². The number of rotatable bonds is 2. The first-order valence-electron chi connectivity index (χ1n) is 10.2. The van der Waals surface area contributed by atoms with E-state index in [4.69, 9.17) is 4.74 Å². The molecule has 2 aromatic rings. The van der Waals surface area contributed by atoms with Crippen LogP contribution in [0, 0.1) is 0 Å². The predicted molar refractivity (Wildman–Crippen MR) is 118 cm³/mol. The van der Waals surface area contributed by atoms with Gasteiger partial charge in [0, 0.05) is 29.5 Å². The molecule has 0 radical (unpaired) electrons. The number of nitrogens with zero attached hydrogens (tertiary/aromatic N) is 1. The number of aromatic hydroxyl groups is 2. The lowest BCUT2D eigenvalue weighted by Crippen LogP contribution is -2.57. The Morgan fingerprint density at radius 2 is 1.79 bits per heavy atom. The SMILES string of the molecule is COc1cccc2c1C(=O)c1c(O)c3c(c(O)c1C2=O)CC(O)(C1(O)CSC(C)=N1)CC3O. The third kappa shape index (κ3) is 2.81. The second-order valence-corrected chi connectivity index (χ2v) is 9.71. The maximum Gasteiger partial charge on any atom is 0.202 e. The molecule has 0 fully saturated rings. The van der Waals surface area contributed by atoms with Gasteiger partial charge in [0.05, 0.1) is 40.7 Å². The summed E-state index contributed by atoms with van der Waals surface area (Å²) in [4.78, 5) is 30.8. The molecular formula is C23H21NO8S. The number of carbonyl (C=O) groups is 2. The molecule has 2 aromatic carbocycles. The lowest BCUT2D eigenvalue weighted by Gasteiger charge is -2.44. The summed E-state index contributed by atoms with van der Waals surface area (Å²) in [5, 5.41) is 55.9. The molecule has 0 amide bonds. The van der Waals surface area contributed by atoms with E-state index in [2.05, 4.69) is 4.99 Å². The standard InChI is InChI=1S/C23H21NO8S/c1-9-24-23(31,8-33-9)22(30)6-11-14(12(25)7-22)20(28)17-16(19(11)27)18(26)10-4-3-5-13(32-2)15(10)21(17)29/h3-5,12,25,27-28,30-31H,6-8H2,1-2H3. The normalized spacial score (nSPS) is 28.2. The lowest BCUT2D eigenvalue weighted by molar-refractivity contribution is -0.155. The molecule has 0 saturated heterocycles. The Morgan fingerprint density at radius 1 is 1.09 bits per heavy atom. The molecular weight excluding hydrogens is 450 g/mol. The van der Waals surface area contributed by atoms with Gasteiger partial charge in [-0.3, -0.25) is 9.59 Å². The Labute approximate surface area is 192 Å². The summed E-state index contributed by atoms with van der Waals surface area (Å²) in [6.45, 7) is 1.68. The summed E-state index contributed by atoms with van der Waals surface area (Å²) in [5.41, 5.74) is -5.08.